The summed E-state index contributed by atoms with van der Waals surface area (Å²) < 4.78 is 9.40. The number of benzene rings is 1. The molecule has 1 heterocycles. The summed E-state index contributed by atoms with van der Waals surface area (Å²) in [5.74, 6) is -2.10. The van der Waals surface area contributed by atoms with Crippen LogP contribution in [0, 0.1) is 5.92 Å². The number of ether oxygens (including phenoxy) is 2. The summed E-state index contributed by atoms with van der Waals surface area (Å²) in [4.78, 5) is 44.6. The molecule has 0 aromatic heterocycles. The number of nitrogens with zero attached hydrogens (tertiary/aromatic N) is 1. The van der Waals surface area contributed by atoms with Gasteiger partial charge in [-0.05, 0) is 45.2 Å². The minimum Gasteiger partial charge on any atom is -0.481 e. The summed E-state index contributed by atoms with van der Waals surface area (Å²) in [5.41, 5.74) is 3.34. The maximum atomic E-state index is 12.1. The van der Waals surface area contributed by atoms with Gasteiger partial charge in [-0.25, -0.2) is 5.01 Å². The van der Waals surface area contributed by atoms with Crippen molar-refractivity contribution < 1.29 is 38.9 Å². The van der Waals surface area contributed by atoms with E-state index in [4.69, 9.17) is 14.9 Å². The minimum absolute atomic E-state index is 0.0117. The number of carboxylic acids is 1. The summed E-state index contributed by atoms with van der Waals surface area (Å²) in [6, 6.07) is 9.17. The Morgan fingerprint density at radius 1 is 1.00 bits per heavy atom. The predicted octanol–water partition coefficient (Wildman–Crippen LogP) is 3.08. The number of amides is 2. The average molecular weight is 497 g/mol. The molecule has 2 amide bonds. The Morgan fingerprint density at radius 3 is 2.14 bits per heavy atom. The number of carboxylic acid groups (broad SMARTS) is 1. The van der Waals surface area contributed by atoms with Crippen molar-refractivity contribution in [2.45, 2.75) is 65.7 Å². The zero-order valence-electron chi connectivity index (χ0n) is 21.0. The van der Waals surface area contributed by atoms with Crippen molar-refractivity contribution in [3.63, 3.8) is 0 Å². The number of aliphatic hydroxyl groups excluding tert-OH is 1. The van der Waals surface area contributed by atoms with E-state index in [0.29, 0.717) is 24.9 Å². The number of esters is 1. The van der Waals surface area contributed by atoms with Crippen LogP contribution in [0.2, 0.25) is 0 Å². The molecule has 0 saturated carbocycles. The molecule has 0 aliphatic carbocycles. The first-order valence-corrected chi connectivity index (χ1v) is 12.1. The van der Waals surface area contributed by atoms with Crippen LogP contribution in [-0.4, -0.2) is 60.4 Å². The van der Waals surface area contributed by atoms with Crippen molar-refractivity contribution in [1.82, 2.24) is 5.43 Å². The first kappa shape index (κ1) is 32.0. The van der Waals surface area contributed by atoms with Crippen LogP contribution in [-0.2, 0) is 28.7 Å². The van der Waals surface area contributed by atoms with Crippen LogP contribution in [0.5, 0.6) is 0 Å². The van der Waals surface area contributed by atoms with Crippen LogP contribution in [0.3, 0.4) is 0 Å². The summed E-state index contributed by atoms with van der Waals surface area (Å²) in [6.07, 6.45) is 3.79. The molecule has 10 nitrogen and oxygen atoms in total. The van der Waals surface area contributed by atoms with Crippen LogP contribution in [0.25, 0.3) is 0 Å². The number of rotatable bonds is 13. The Bertz CT molecular complexity index is 740. The number of unbranched alkanes of at least 4 members (excludes halogenated alkanes) is 2. The monoisotopic (exact) mass is 496 g/mol. The number of anilines is 1. The Balaban J connectivity index is 0.000000571. The molecule has 1 unspecified atom stereocenters. The van der Waals surface area contributed by atoms with Crippen molar-refractivity contribution in [3.05, 3.63) is 30.3 Å². The molecule has 3 N–H and O–H groups in total. The first-order valence-electron chi connectivity index (χ1n) is 12.1. The molecule has 0 radical (unpaired) electrons. The lowest BCUT2D eigenvalue weighted by atomic mass is 10.0. The van der Waals surface area contributed by atoms with Gasteiger partial charge in [-0.2, -0.15) is 0 Å². The van der Waals surface area contributed by atoms with Crippen molar-refractivity contribution in [3.8, 4) is 0 Å². The lowest BCUT2D eigenvalue weighted by Crippen LogP contribution is -2.35. The quantitative estimate of drug-likeness (QED) is 0.215. The number of para-hydroxylation sites is 1. The van der Waals surface area contributed by atoms with Gasteiger partial charge in [0, 0.05) is 26.1 Å². The fourth-order valence-electron chi connectivity index (χ4n) is 2.92. The molecule has 10 heteroatoms. The lowest BCUT2D eigenvalue weighted by Gasteiger charge is -2.14. The van der Waals surface area contributed by atoms with Gasteiger partial charge >= 0.3 is 11.9 Å². The molecule has 1 fully saturated rings. The van der Waals surface area contributed by atoms with Gasteiger partial charge in [0.2, 0.25) is 0 Å². The van der Waals surface area contributed by atoms with Gasteiger partial charge in [-0.3, -0.25) is 24.6 Å². The molecule has 1 aromatic rings. The maximum Gasteiger partial charge on any atom is 0.305 e. The Morgan fingerprint density at radius 2 is 1.63 bits per heavy atom. The molecule has 2 rings (SSSR count). The Kier molecular flexibility index (Phi) is 18.7. The van der Waals surface area contributed by atoms with E-state index in [1.165, 1.54) is 5.01 Å². The van der Waals surface area contributed by atoms with Gasteiger partial charge in [-0.1, -0.05) is 38.0 Å². The fraction of sp³-hybridized carbons (Fsp3) is 0.600. The highest BCUT2D eigenvalue weighted by Crippen LogP contribution is 2.22. The van der Waals surface area contributed by atoms with E-state index in [1.54, 1.807) is 12.1 Å². The minimum atomic E-state index is -0.858. The Labute approximate surface area is 207 Å². The maximum absolute atomic E-state index is 12.1. The number of hydrogen-bond acceptors (Lipinski definition) is 7. The van der Waals surface area contributed by atoms with E-state index in [9.17, 15) is 19.2 Å². The molecule has 35 heavy (non-hydrogen) atoms. The van der Waals surface area contributed by atoms with Gasteiger partial charge in [0.15, 0.2) is 0 Å². The van der Waals surface area contributed by atoms with Gasteiger partial charge in [0.05, 0.1) is 12.3 Å². The van der Waals surface area contributed by atoms with E-state index in [0.717, 1.165) is 26.1 Å². The van der Waals surface area contributed by atoms with Crippen LogP contribution in [0.4, 0.5) is 5.69 Å². The zero-order chi connectivity index (χ0) is 26.5. The molecule has 1 saturated heterocycles. The molecular formula is C25H40N2O8. The molecule has 0 spiro atoms. The number of carbonyl (C=O) groups excluding carboxylic acids is 3. The number of nitrogens with one attached hydrogen (secondary N) is 1. The summed E-state index contributed by atoms with van der Waals surface area (Å²) >= 11 is 0. The second-order valence-corrected chi connectivity index (χ2v) is 7.51. The second kappa shape index (κ2) is 20.4. The second-order valence-electron chi connectivity index (χ2n) is 7.51. The van der Waals surface area contributed by atoms with Crippen LogP contribution in [0.1, 0.15) is 65.7 Å². The van der Waals surface area contributed by atoms with E-state index >= 15 is 0 Å². The van der Waals surface area contributed by atoms with Crippen molar-refractivity contribution >= 4 is 29.4 Å². The summed E-state index contributed by atoms with van der Waals surface area (Å²) in [5, 5.41) is 17.9. The topological polar surface area (TPSA) is 142 Å². The number of hydrogen-bond donors (Lipinski definition) is 3. The third kappa shape index (κ3) is 14.8. The van der Waals surface area contributed by atoms with Crippen molar-refractivity contribution in [1.29, 1.82) is 0 Å². The highest BCUT2D eigenvalue weighted by Gasteiger charge is 2.39. The predicted molar refractivity (Wildman–Crippen MR) is 131 cm³/mol. The molecular weight excluding hydrogens is 456 g/mol. The van der Waals surface area contributed by atoms with E-state index in [2.05, 4.69) is 10.2 Å². The first-order chi connectivity index (χ1) is 16.8. The number of carbonyl (C=O) groups is 4. The summed E-state index contributed by atoms with van der Waals surface area (Å²) in [7, 11) is 0. The highest BCUT2D eigenvalue weighted by atomic mass is 16.5. The standard InChI is InChI=1S/C13H16N2O2.C8H14O5.C4H10O/c1-2-3-9-11-12(16)14-15(13(11)17)10-7-5-4-6-8-10;9-5-6-13-8(12)4-2-1-3-7(10)11;1-3-5-4-2/h4-8,11H,2-3,9H2,1H3,(H,14,16);9H,1-6H2,(H,10,11);3-4H2,1-2H3. The van der Waals surface area contributed by atoms with Crippen LogP contribution >= 0.6 is 0 Å². The number of aliphatic hydroxyl groups is 1. The van der Waals surface area contributed by atoms with Crippen molar-refractivity contribution in [2.75, 3.05) is 31.4 Å². The number of hydrazine groups is 1. The smallest absolute Gasteiger partial charge is 0.305 e. The van der Waals surface area contributed by atoms with Crippen LogP contribution < -0.4 is 10.4 Å². The number of aliphatic carboxylic acids is 1. The third-order valence-electron chi connectivity index (χ3n) is 4.70. The SMILES string of the molecule is CCCCC1C(=O)NN(c2ccccc2)C1=O.CCOCC.O=C(O)CCCCC(=O)OCCO. The van der Waals surface area contributed by atoms with E-state index in [1.807, 2.05) is 39.0 Å². The largest absolute Gasteiger partial charge is 0.481 e. The normalized spacial score (nSPS) is 14.3. The molecule has 0 bridgehead atoms. The molecule has 1 aliphatic rings. The van der Waals surface area contributed by atoms with E-state index < -0.39 is 11.9 Å². The van der Waals surface area contributed by atoms with Gasteiger partial charge in [0.25, 0.3) is 11.8 Å². The van der Waals surface area contributed by atoms with Gasteiger partial charge < -0.3 is 19.7 Å². The third-order valence-corrected chi connectivity index (χ3v) is 4.70. The molecule has 1 aromatic carbocycles. The zero-order valence-corrected chi connectivity index (χ0v) is 21.0. The average Bonchev–Trinajstić information content (AvgIpc) is 3.14. The lowest BCUT2D eigenvalue weighted by molar-refractivity contribution is -0.145. The Hall–Kier alpha value is -2.98. The summed E-state index contributed by atoms with van der Waals surface area (Å²) in [6.45, 7) is 7.55. The van der Waals surface area contributed by atoms with Gasteiger partial charge in [-0.15, -0.1) is 0 Å². The fourth-order valence-corrected chi connectivity index (χ4v) is 2.92. The van der Waals surface area contributed by atoms with E-state index in [-0.39, 0.29) is 43.8 Å². The highest BCUT2D eigenvalue weighted by molar-refractivity contribution is 6.14. The van der Waals surface area contributed by atoms with Gasteiger partial charge in [0.1, 0.15) is 12.5 Å². The van der Waals surface area contributed by atoms with Crippen molar-refractivity contribution in [2.24, 2.45) is 5.92 Å². The van der Waals surface area contributed by atoms with Crippen LogP contribution in [0.15, 0.2) is 30.3 Å². The molecule has 198 valence electrons. The molecule has 1 aliphatic heterocycles. The molecule has 1 atom stereocenters.